The van der Waals surface area contributed by atoms with Gasteiger partial charge < -0.3 is 10.2 Å². The van der Waals surface area contributed by atoms with Crippen molar-refractivity contribution in [1.29, 1.82) is 0 Å². The molecule has 0 spiro atoms. The fourth-order valence-corrected chi connectivity index (χ4v) is 3.02. The molecule has 1 N–H and O–H groups in total. The average molecular weight is 294 g/mol. The quantitative estimate of drug-likeness (QED) is 0.946. The fourth-order valence-electron chi connectivity index (χ4n) is 2.11. The van der Waals surface area contributed by atoms with Crippen LogP contribution in [0.25, 0.3) is 0 Å². The Labute approximate surface area is 120 Å². The van der Waals surface area contributed by atoms with Gasteiger partial charge in [0.2, 0.25) is 5.91 Å². The maximum atomic E-state index is 11.6. The molecule has 1 amide bonds. The van der Waals surface area contributed by atoms with E-state index < -0.39 is 0 Å². The van der Waals surface area contributed by atoms with Crippen molar-refractivity contribution in [3.63, 3.8) is 0 Å². The molecule has 19 heavy (non-hydrogen) atoms. The van der Waals surface area contributed by atoms with Crippen LogP contribution in [0.1, 0.15) is 10.4 Å². The molecule has 1 aromatic carbocycles. The molecule has 1 aliphatic rings. The van der Waals surface area contributed by atoms with E-state index in [0.717, 1.165) is 21.8 Å². The molecule has 0 aliphatic carbocycles. The Morgan fingerprint density at radius 1 is 1.53 bits per heavy atom. The zero-order valence-corrected chi connectivity index (χ0v) is 11.9. The van der Waals surface area contributed by atoms with Gasteiger partial charge in [-0.25, -0.2) is 4.98 Å². The van der Waals surface area contributed by atoms with Gasteiger partial charge in [-0.05, 0) is 17.7 Å². The Morgan fingerprint density at radius 3 is 3.11 bits per heavy atom. The van der Waals surface area contributed by atoms with Gasteiger partial charge in [0.1, 0.15) is 0 Å². The summed E-state index contributed by atoms with van der Waals surface area (Å²) >= 11 is 7.25. The van der Waals surface area contributed by atoms with Gasteiger partial charge in [-0.3, -0.25) is 4.79 Å². The number of thiazole rings is 1. The van der Waals surface area contributed by atoms with Gasteiger partial charge in [0.25, 0.3) is 0 Å². The number of anilines is 2. The van der Waals surface area contributed by atoms with Crippen LogP contribution in [-0.2, 0) is 17.8 Å². The first kappa shape index (κ1) is 12.4. The number of carbonyl (C=O) groups excluding carboxylic acids is 1. The molecule has 2 heterocycles. The number of halogens is 1. The summed E-state index contributed by atoms with van der Waals surface area (Å²) in [6.07, 6.45) is 2.26. The van der Waals surface area contributed by atoms with Gasteiger partial charge >= 0.3 is 0 Å². The summed E-state index contributed by atoms with van der Waals surface area (Å²) in [4.78, 5) is 18.4. The standard InChI is InChI=1S/C13H12ClN3OS/c1-17-11-5-9(3-2-8(11)4-12(17)18)15-6-10-7-16-13(14)19-10/h2-3,5,7,15H,4,6H2,1H3. The average Bonchev–Trinajstić information content (AvgIpc) is 2.93. The second-order valence-corrected chi connectivity index (χ2v) is 6.10. The predicted molar refractivity (Wildman–Crippen MR) is 78.0 cm³/mol. The van der Waals surface area contributed by atoms with E-state index in [-0.39, 0.29) is 5.91 Å². The number of hydrogen-bond donors (Lipinski definition) is 1. The van der Waals surface area contributed by atoms with E-state index in [1.807, 2.05) is 18.2 Å². The first-order valence-electron chi connectivity index (χ1n) is 5.87. The predicted octanol–water partition coefficient (Wildman–Crippen LogP) is 2.93. The van der Waals surface area contributed by atoms with Crippen molar-refractivity contribution in [2.24, 2.45) is 0 Å². The van der Waals surface area contributed by atoms with Crippen LogP contribution in [0.3, 0.4) is 0 Å². The molecule has 0 unspecified atom stereocenters. The zero-order valence-electron chi connectivity index (χ0n) is 10.3. The molecule has 6 heteroatoms. The maximum absolute atomic E-state index is 11.6. The highest BCUT2D eigenvalue weighted by Crippen LogP contribution is 2.30. The van der Waals surface area contributed by atoms with Crippen LogP contribution in [0, 0.1) is 0 Å². The van der Waals surface area contributed by atoms with Crippen LogP contribution in [0.15, 0.2) is 24.4 Å². The molecule has 4 nitrogen and oxygen atoms in total. The zero-order chi connectivity index (χ0) is 13.4. The smallest absolute Gasteiger partial charge is 0.231 e. The minimum absolute atomic E-state index is 0.140. The van der Waals surface area contributed by atoms with E-state index >= 15 is 0 Å². The normalized spacial score (nSPS) is 13.8. The Kier molecular flexibility index (Phi) is 3.16. The number of fused-ring (bicyclic) bond motifs is 1. The number of carbonyl (C=O) groups is 1. The Bertz CT molecular complexity index is 641. The summed E-state index contributed by atoms with van der Waals surface area (Å²) in [5.74, 6) is 0.140. The molecule has 0 saturated carbocycles. The second kappa shape index (κ2) is 4.83. The molecule has 0 saturated heterocycles. The molecule has 0 radical (unpaired) electrons. The van der Waals surface area contributed by atoms with E-state index in [4.69, 9.17) is 11.6 Å². The van der Waals surface area contributed by atoms with Gasteiger partial charge in [-0.2, -0.15) is 0 Å². The largest absolute Gasteiger partial charge is 0.380 e. The Morgan fingerprint density at radius 2 is 2.37 bits per heavy atom. The van der Waals surface area contributed by atoms with Crippen molar-refractivity contribution in [3.8, 4) is 0 Å². The van der Waals surface area contributed by atoms with Crippen molar-refractivity contribution < 1.29 is 4.79 Å². The van der Waals surface area contributed by atoms with Gasteiger partial charge in [-0.1, -0.05) is 17.7 Å². The SMILES string of the molecule is CN1C(=O)Cc2ccc(NCc3cnc(Cl)s3)cc21. The fraction of sp³-hybridized carbons (Fsp3) is 0.231. The van der Waals surface area contributed by atoms with Crippen LogP contribution in [-0.4, -0.2) is 17.9 Å². The monoisotopic (exact) mass is 293 g/mol. The lowest BCUT2D eigenvalue weighted by Gasteiger charge is -2.12. The molecule has 0 atom stereocenters. The van der Waals surface area contributed by atoms with E-state index in [1.165, 1.54) is 11.3 Å². The van der Waals surface area contributed by atoms with Gasteiger partial charge in [0, 0.05) is 29.5 Å². The number of rotatable bonds is 3. The van der Waals surface area contributed by atoms with Crippen molar-refractivity contribution in [2.75, 3.05) is 17.3 Å². The summed E-state index contributed by atoms with van der Waals surface area (Å²) in [5, 5.41) is 3.31. The summed E-state index contributed by atoms with van der Waals surface area (Å²) in [5.41, 5.74) is 3.06. The van der Waals surface area contributed by atoms with Gasteiger partial charge in [0.15, 0.2) is 4.47 Å². The first-order valence-corrected chi connectivity index (χ1v) is 7.06. The third-order valence-electron chi connectivity index (χ3n) is 3.15. The topological polar surface area (TPSA) is 45.2 Å². The first-order chi connectivity index (χ1) is 9.13. The highest BCUT2D eigenvalue weighted by Gasteiger charge is 2.23. The highest BCUT2D eigenvalue weighted by atomic mass is 35.5. The molecule has 2 aromatic rings. The lowest BCUT2D eigenvalue weighted by atomic mass is 10.1. The number of hydrogen-bond acceptors (Lipinski definition) is 4. The summed E-state index contributed by atoms with van der Waals surface area (Å²) in [7, 11) is 1.81. The maximum Gasteiger partial charge on any atom is 0.231 e. The number of nitrogens with zero attached hydrogens (tertiary/aromatic N) is 2. The highest BCUT2D eigenvalue weighted by molar-refractivity contribution is 7.15. The molecule has 0 fully saturated rings. The van der Waals surface area contributed by atoms with E-state index in [0.29, 0.717) is 17.4 Å². The third kappa shape index (κ3) is 2.43. The molecule has 1 aliphatic heterocycles. The lowest BCUT2D eigenvalue weighted by molar-refractivity contribution is -0.117. The van der Waals surface area contributed by atoms with Crippen LogP contribution in [0.5, 0.6) is 0 Å². The van der Waals surface area contributed by atoms with Gasteiger partial charge in [0.05, 0.1) is 13.0 Å². The third-order valence-corrected chi connectivity index (χ3v) is 4.27. The lowest BCUT2D eigenvalue weighted by Crippen LogP contribution is -2.20. The summed E-state index contributed by atoms with van der Waals surface area (Å²) in [6, 6.07) is 6.00. The molecule has 98 valence electrons. The van der Waals surface area contributed by atoms with Gasteiger partial charge in [-0.15, -0.1) is 11.3 Å². The number of likely N-dealkylation sites (N-methyl/N-ethyl adjacent to an activating group) is 1. The number of aromatic nitrogens is 1. The Hall–Kier alpha value is -1.59. The molecule has 0 bridgehead atoms. The minimum Gasteiger partial charge on any atom is -0.380 e. The van der Waals surface area contributed by atoms with E-state index in [9.17, 15) is 4.79 Å². The van der Waals surface area contributed by atoms with E-state index in [2.05, 4.69) is 10.3 Å². The van der Waals surface area contributed by atoms with E-state index in [1.54, 1.807) is 18.1 Å². The Balaban J connectivity index is 1.75. The van der Waals surface area contributed by atoms with Crippen LogP contribution < -0.4 is 10.2 Å². The number of benzene rings is 1. The molecule has 1 aromatic heterocycles. The summed E-state index contributed by atoms with van der Waals surface area (Å²) in [6.45, 7) is 0.681. The minimum atomic E-state index is 0.140. The van der Waals surface area contributed by atoms with Crippen molar-refractivity contribution >= 4 is 40.2 Å². The van der Waals surface area contributed by atoms with Crippen molar-refractivity contribution in [1.82, 2.24) is 4.98 Å². The molecule has 3 rings (SSSR count). The van der Waals surface area contributed by atoms with Crippen LogP contribution in [0.4, 0.5) is 11.4 Å². The number of amides is 1. The molecular formula is C13H12ClN3OS. The number of nitrogens with one attached hydrogen (secondary N) is 1. The molecular weight excluding hydrogens is 282 g/mol. The van der Waals surface area contributed by atoms with Crippen LogP contribution >= 0.6 is 22.9 Å². The van der Waals surface area contributed by atoms with Crippen molar-refractivity contribution in [3.05, 3.63) is 39.3 Å². The second-order valence-electron chi connectivity index (χ2n) is 4.41. The summed E-state index contributed by atoms with van der Waals surface area (Å²) < 4.78 is 0.552. The van der Waals surface area contributed by atoms with Crippen molar-refractivity contribution in [2.45, 2.75) is 13.0 Å². The van der Waals surface area contributed by atoms with Crippen LogP contribution in [0.2, 0.25) is 4.47 Å².